The van der Waals surface area contributed by atoms with Crippen LogP contribution in [0.5, 0.6) is 5.75 Å². The molecule has 0 aliphatic rings. The van der Waals surface area contributed by atoms with Crippen LogP contribution in [0.1, 0.15) is 0 Å². The van der Waals surface area contributed by atoms with Gasteiger partial charge in [0.2, 0.25) is 0 Å². The maximum Gasteiger partial charge on any atom is 0.328 e. The Bertz CT molecular complexity index is 484. The van der Waals surface area contributed by atoms with Crippen LogP contribution in [0.25, 0.3) is 0 Å². The lowest BCUT2D eigenvalue weighted by Crippen LogP contribution is -2.44. The number of aliphatic carboxylic acids is 1. The molecule has 0 saturated carbocycles. The first-order chi connectivity index (χ1) is 8.93. The lowest BCUT2D eigenvalue weighted by Gasteiger charge is -2.11. The monoisotopic (exact) mass is 309 g/mol. The van der Waals surface area contributed by atoms with Crippen LogP contribution in [0.15, 0.2) is 18.2 Å². The van der Waals surface area contributed by atoms with Gasteiger partial charge in [-0.15, -0.1) is 0 Å². The quantitative estimate of drug-likeness (QED) is 0.841. The highest BCUT2D eigenvalue weighted by Gasteiger charge is 2.19. The van der Waals surface area contributed by atoms with Crippen LogP contribution >= 0.6 is 23.2 Å². The molecule has 5 nitrogen and oxygen atoms in total. The lowest BCUT2D eigenvalue weighted by molar-refractivity contribution is -0.142. The molecule has 0 fully saturated rings. The number of ether oxygens (including phenoxy) is 1. The topological polar surface area (TPSA) is 75.6 Å². The second kappa shape index (κ2) is 7.16. The van der Waals surface area contributed by atoms with Crippen LogP contribution in [-0.2, 0) is 9.59 Å². The van der Waals surface area contributed by atoms with Gasteiger partial charge in [0, 0.05) is 6.07 Å². The van der Waals surface area contributed by atoms with Crippen molar-refractivity contribution in [1.82, 2.24) is 5.32 Å². The number of alkyl halides is 1. The van der Waals surface area contributed by atoms with Gasteiger partial charge in [0.1, 0.15) is 12.4 Å². The van der Waals surface area contributed by atoms with Crippen LogP contribution in [0.3, 0.4) is 0 Å². The summed E-state index contributed by atoms with van der Waals surface area (Å²) in [5, 5.41) is 11.1. The third-order valence-corrected chi connectivity index (χ3v) is 2.79. The van der Waals surface area contributed by atoms with Crippen LogP contribution in [0, 0.1) is 0 Å². The zero-order valence-electron chi connectivity index (χ0n) is 9.53. The Balaban J connectivity index is 2.49. The van der Waals surface area contributed by atoms with Crippen LogP contribution in [0.4, 0.5) is 4.39 Å². The Hall–Kier alpha value is -1.53. The van der Waals surface area contributed by atoms with Crippen molar-refractivity contribution in [3.63, 3.8) is 0 Å². The fraction of sp³-hybridized carbons (Fsp3) is 0.273. The van der Waals surface area contributed by atoms with Crippen LogP contribution < -0.4 is 10.1 Å². The summed E-state index contributed by atoms with van der Waals surface area (Å²) < 4.78 is 17.3. The molecule has 1 atom stereocenters. The summed E-state index contributed by atoms with van der Waals surface area (Å²) in [5.74, 6) is -1.92. The van der Waals surface area contributed by atoms with E-state index in [-0.39, 0.29) is 10.8 Å². The first kappa shape index (κ1) is 15.5. The van der Waals surface area contributed by atoms with Crippen molar-refractivity contribution < 1.29 is 23.8 Å². The number of carbonyl (C=O) groups excluding carboxylic acids is 1. The van der Waals surface area contributed by atoms with Crippen molar-refractivity contribution in [3.8, 4) is 5.75 Å². The van der Waals surface area contributed by atoms with E-state index in [1.165, 1.54) is 18.2 Å². The van der Waals surface area contributed by atoms with Crippen molar-refractivity contribution in [2.45, 2.75) is 6.04 Å². The number of carboxylic acids is 1. The molecule has 0 bridgehead atoms. The molecule has 1 amide bonds. The highest BCUT2D eigenvalue weighted by Crippen LogP contribution is 2.26. The smallest absolute Gasteiger partial charge is 0.328 e. The van der Waals surface area contributed by atoms with E-state index in [2.05, 4.69) is 0 Å². The molecule has 1 aromatic carbocycles. The number of carbonyl (C=O) groups is 2. The number of amides is 1. The van der Waals surface area contributed by atoms with Crippen molar-refractivity contribution in [1.29, 1.82) is 0 Å². The van der Waals surface area contributed by atoms with Gasteiger partial charge in [-0.2, -0.15) is 0 Å². The van der Waals surface area contributed by atoms with Gasteiger partial charge >= 0.3 is 5.97 Å². The fourth-order valence-electron chi connectivity index (χ4n) is 1.12. The maximum absolute atomic E-state index is 12.3. The van der Waals surface area contributed by atoms with Crippen LogP contribution in [0.2, 0.25) is 10.0 Å². The number of rotatable bonds is 6. The number of carboxylic acid groups (broad SMARTS) is 1. The minimum atomic E-state index is -1.58. The molecule has 0 aliphatic heterocycles. The normalized spacial score (nSPS) is 11.7. The van der Waals surface area contributed by atoms with Gasteiger partial charge in [-0.05, 0) is 12.1 Å². The fourth-order valence-corrected chi connectivity index (χ4v) is 1.41. The molecular weight excluding hydrogens is 300 g/mol. The Kier molecular flexibility index (Phi) is 5.85. The minimum absolute atomic E-state index is 0.256. The summed E-state index contributed by atoms with van der Waals surface area (Å²) in [5.41, 5.74) is 0. The summed E-state index contributed by atoms with van der Waals surface area (Å²) in [6, 6.07) is 2.80. The van der Waals surface area contributed by atoms with E-state index in [1.54, 1.807) is 0 Å². The molecule has 0 aliphatic carbocycles. The molecular formula is C11H10Cl2FNO4. The predicted molar refractivity (Wildman–Crippen MR) is 67.5 cm³/mol. The molecule has 0 saturated heterocycles. The Labute approximate surface area is 118 Å². The summed E-state index contributed by atoms with van der Waals surface area (Å²) in [4.78, 5) is 21.8. The first-order valence-corrected chi connectivity index (χ1v) is 5.85. The Morgan fingerprint density at radius 1 is 1.37 bits per heavy atom. The molecule has 0 spiro atoms. The number of hydrogen-bond acceptors (Lipinski definition) is 3. The van der Waals surface area contributed by atoms with Gasteiger partial charge in [-0.1, -0.05) is 23.2 Å². The van der Waals surface area contributed by atoms with Crippen LogP contribution in [-0.4, -0.2) is 36.3 Å². The van der Waals surface area contributed by atoms with Gasteiger partial charge in [0.15, 0.2) is 12.6 Å². The van der Waals surface area contributed by atoms with Gasteiger partial charge in [-0.25, -0.2) is 9.18 Å². The lowest BCUT2D eigenvalue weighted by atomic mass is 10.3. The van der Waals surface area contributed by atoms with Crippen molar-refractivity contribution in [3.05, 3.63) is 28.2 Å². The summed E-state index contributed by atoms with van der Waals surface area (Å²) in [6.07, 6.45) is 0. The van der Waals surface area contributed by atoms with E-state index in [1.807, 2.05) is 5.32 Å². The van der Waals surface area contributed by atoms with Gasteiger partial charge in [0.05, 0.1) is 10.0 Å². The summed E-state index contributed by atoms with van der Waals surface area (Å²) >= 11 is 11.4. The van der Waals surface area contributed by atoms with Crippen molar-refractivity contribution in [2.75, 3.05) is 13.3 Å². The minimum Gasteiger partial charge on any atom is -0.484 e. The zero-order valence-corrected chi connectivity index (χ0v) is 11.0. The molecule has 2 N–H and O–H groups in total. The van der Waals surface area contributed by atoms with Gasteiger partial charge in [0.25, 0.3) is 5.91 Å². The number of halogens is 3. The predicted octanol–water partition coefficient (Wildman–Crippen LogP) is 1.91. The Morgan fingerprint density at radius 2 is 2.05 bits per heavy atom. The van der Waals surface area contributed by atoms with E-state index in [9.17, 15) is 14.0 Å². The number of hydrogen-bond donors (Lipinski definition) is 2. The molecule has 8 heteroatoms. The third-order valence-electron chi connectivity index (χ3n) is 2.05. The van der Waals surface area contributed by atoms with E-state index in [0.717, 1.165) is 0 Å². The Morgan fingerprint density at radius 3 is 2.58 bits per heavy atom. The average molecular weight is 310 g/mol. The van der Waals surface area contributed by atoms with E-state index < -0.39 is 31.2 Å². The molecule has 1 rings (SSSR count). The van der Waals surface area contributed by atoms with Crippen molar-refractivity contribution in [2.24, 2.45) is 0 Å². The first-order valence-electron chi connectivity index (χ1n) is 5.10. The maximum atomic E-state index is 12.3. The van der Waals surface area contributed by atoms with Crippen molar-refractivity contribution >= 4 is 35.1 Å². The molecule has 0 aromatic heterocycles. The SMILES string of the molecule is O=C(COc1ccc(Cl)c(Cl)c1)NC(CF)C(=O)O. The second-order valence-corrected chi connectivity index (χ2v) is 4.29. The second-order valence-electron chi connectivity index (χ2n) is 3.48. The molecule has 1 aromatic rings. The highest BCUT2D eigenvalue weighted by molar-refractivity contribution is 6.42. The highest BCUT2D eigenvalue weighted by atomic mass is 35.5. The number of nitrogens with one attached hydrogen (secondary N) is 1. The molecule has 19 heavy (non-hydrogen) atoms. The average Bonchev–Trinajstić information content (AvgIpc) is 2.37. The van der Waals surface area contributed by atoms with Gasteiger partial charge in [-0.3, -0.25) is 4.79 Å². The van der Waals surface area contributed by atoms with E-state index in [0.29, 0.717) is 5.02 Å². The zero-order chi connectivity index (χ0) is 14.4. The molecule has 104 valence electrons. The summed E-state index contributed by atoms with van der Waals surface area (Å²) in [7, 11) is 0. The molecule has 1 unspecified atom stereocenters. The molecule has 0 heterocycles. The largest absolute Gasteiger partial charge is 0.484 e. The van der Waals surface area contributed by atoms with Gasteiger partial charge < -0.3 is 15.2 Å². The van der Waals surface area contributed by atoms with E-state index in [4.69, 9.17) is 33.0 Å². The standard InChI is InChI=1S/C11H10Cl2FNO4/c12-7-2-1-6(3-8(7)13)19-5-10(16)15-9(4-14)11(17)18/h1-3,9H,4-5H2,(H,15,16)(H,17,18). The summed E-state index contributed by atoms with van der Waals surface area (Å²) in [6.45, 7) is -1.66. The third kappa shape index (κ3) is 4.92. The van der Waals surface area contributed by atoms with E-state index >= 15 is 0 Å². The number of benzene rings is 1. The molecule has 0 radical (unpaired) electrons.